The standard InChI is InChI=1S/C13H16FN3O3/c14-11-9-10(5-6-12(11)17(19)20)15-13(18)16-7-3-1-2-4-8-16/h5-6,9H,1-4,7-8H2,(H,15,18). The molecule has 0 unspecified atom stereocenters. The van der Waals surface area contributed by atoms with Crippen LogP contribution >= 0.6 is 0 Å². The molecule has 1 heterocycles. The minimum Gasteiger partial charge on any atom is -0.325 e. The fourth-order valence-electron chi connectivity index (χ4n) is 2.21. The van der Waals surface area contributed by atoms with Crippen LogP contribution in [0.4, 0.5) is 20.6 Å². The number of nitro benzene ring substituents is 1. The zero-order valence-corrected chi connectivity index (χ0v) is 11.0. The molecule has 0 aliphatic carbocycles. The smallest absolute Gasteiger partial charge is 0.321 e. The number of carbonyl (C=O) groups is 1. The maximum absolute atomic E-state index is 13.5. The summed E-state index contributed by atoms with van der Waals surface area (Å²) in [5, 5.41) is 13.1. The fourth-order valence-corrected chi connectivity index (χ4v) is 2.21. The van der Waals surface area contributed by atoms with Gasteiger partial charge in [-0.2, -0.15) is 4.39 Å². The molecule has 7 heteroatoms. The molecule has 1 fully saturated rings. The molecule has 6 nitrogen and oxygen atoms in total. The van der Waals surface area contributed by atoms with Gasteiger partial charge >= 0.3 is 11.7 Å². The molecule has 0 aromatic heterocycles. The van der Waals surface area contributed by atoms with Crippen LogP contribution in [0.25, 0.3) is 0 Å². The third kappa shape index (κ3) is 3.43. The van der Waals surface area contributed by atoms with E-state index >= 15 is 0 Å². The van der Waals surface area contributed by atoms with E-state index in [1.807, 2.05) is 0 Å². The van der Waals surface area contributed by atoms with Crippen LogP contribution in [-0.4, -0.2) is 28.9 Å². The van der Waals surface area contributed by atoms with Gasteiger partial charge in [0.1, 0.15) is 0 Å². The predicted octanol–water partition coefficient (Wildman–Crippen LogP) is 3.14. The van der Waals surface area contributed by atoms with Crippen molar-refractivity contribution in [2.45, 2.75) is 25.7 Å². The van der Waals surface area contributed by atoms with Crippen LogP contribution < -0.4 is 5.32 Å². The molecule has 1 aliphatic rings. The molecule has 108 valence electrons. The number of benzene rings is 1. The van der Waals surface area contributed by atoms with Crippen molar-refractivity contribution in [3.8, 4) is 0 Å². The minimum atomic E-state index is -0.955. The molecule has 0 bridgehead atoms. The lowest BCUT2D eigenvalue weighted by molar-refractivity contribution is -0.387. The van der Waals surface area contributed by atoms with Crippen molar-refractivity contribution in [3.05, 3.63) is 34.1 Å². The number of likely N-dealkylation sites (tertiary alicyclic amines) is 1. The molecule has 0 spiro atoms. The number of rotatable bonds is 2. The molecule has 0 atom stereocenters. The van der Waals surface area contributed by atoms with Crippen molar-refractivity contribution in [2.75, 3.05) is 18.4 Å². The first-order valence-corrected chi connectivity index (χ1v) is 6.58. The van der Waals surface area contributed by atoms with E-state index in [4.69, 9.17) is 0 Å². The van der Waals surface area contributed by atoms with Crippen molar-refractivity contribution in [1.29, 1.82) is 0 Å². The van der Waals surface area contributed by atoms with Crippen molar-refractivity contribution in [3.63, 3.8) is 0 Å². The summed E-state index contributed by atoms with van der Waals surface area (Å²) in [5.41, 5.74) is -0.375. The number of nitro groups is 1. The van der Waals surface area contributed by atoms with E-state index in [0.29, 0.717) is 13.1 Å². The minimum absolute atomic E-state index is 0.224. The highest BCUT2D eigenvalue weighted by atomic mass is 19.1. The van der Waals surface area contributed by atoms with E-state index < -0.39 is 16.4 Å². The molecule has 1 aromatic carbocycles. The predicted molar refractivity (Wildman–Crippen MR) is 72.1 cm³/mol. The van der Waals surface area contributed by atoms with Gasteiger partial charge in [0, 0.05) is 30.9 Å². The zero-order valence-electron chi connectivity index (χ0n) is 11.0. The summed E-state index contributed by atoms with van der Waals surface area (Å²) in [6.07, 6.45) is 4.13. The van der Waals surface area contributed by atoms with Crippen LogP contribution in [0.1, 0.15) is 25.7 Å². The summed E-state index contributed by atoms with van der Waals surface area (Å²) >= 11 is 0. The molecule has 2 rings (SSSR count). The zero-order chi connectivity index (χ0) is 14.5. The number of urea groups is 1. The number of carbonyl (C=O) groups excluding carboxylic acids is 1. The Labute approximate surface area is 115 Å². The maximum atomic E-state index is 13.5. The van der Waals surface area contributed by atoms with Crippen LogP contribution in [0.2, 0.25) is 0 Å². The van der Waals surface area contributed by atoms with Gasteiger partial charge in [-0.25, -0.2) is 4.79 Å². The normalized spacial score (nSPS) is 15.6. The number of nitrogens with one attached hydrogen (secondary N) is 1. The SMILES string of the molecule is O=C(Nc1ccc([N+](=O)[O-])c(F)c1)N1CCCCCC1. The van der Waals surface area contributed by atoms with E-state index in [-0.39, 0.29) is 11.7 Å². The molecular formula is C13H16FN3O3. The summed E-state index contributed by atoms with van der Waals surface area (Å²) in [6, 6.07) is 3.05. The second kappa shape index (κ2) is 6.31. The topological polar surface area (TPSA) is 75.5 Å². The summed E-state index contributed by atoms with van der Waals surface area (Å²) < 4.78 is 13.5. The van der Waals surface area contributed by atoms with Gasteiger partial charge in [-0.15, -0.1) is 0 Å². The largest absolute Gasteiger partial charge is 0.325 e. The Balaban J connectivity index is 2.03. The van der Waals surface area contributed by atoms with E-state index in [1.54, 1.807) is 4.90 Å². The quantitative estimate of drug-likeness (QED) is 0.668. The summed E-state index contributed by atoms with van der Waals surface area (Å²) in [7, 11) is 0. The van der Waals surface area contributed by atoms with Gasteiger partial charge in [-0.05, 0) is 18.9 Å². The summed E-state index contributed by atoms with van der Waals surface area (Å²) in [6.45, 7) is 1.36. The second-order valence-corrected chi connectivity index (χ2v) is 4.75. The van der Waals surface area contributed by atoms with Gasteiger partial charge in [-0.3, -0.25) is 10.1 Å². The Kier molecular flexibility index (Phi) is 4.49. The number of hydrogen-bond acceptors (Lipinski definition) is 3. The lowest BCUT2D eigenvalue weighted by atomic mass is 10.2. The van der Waals surface area contributed by atoms with E-state index in [2.05, 4.69) is 5.32 Å². The van der Waals surface area contributed by atoms with E-state index in [1.165, 1.54) is 6.07 Å². The van der Waals surface area contributed by atoms with Crippen LogP contribution in [0.3, 0.4) is 0 Å². The molecule has 1 aliphatic heterocycles. The number of anilines is 1. The first-order chi connectivity index (χ1) is 9.58. The molecular weight excluding hydrogens is 265 g/mol. The molecule has 1 N–H and O–H groups in total. The van der Waals surface area contributed by atoms with Gasteiger partial charge in [0.25, 0.3) is 0 Å². The van der Waals surface area contributed by atoms with Crippen molar-refractivity contribution in [2.24, 2.45) is 0 Å². The molecule has 20 heavy (non-hydrogen) atoms. The highest BCUT2D eigenvalue weighted by Gasteiger charge is 2.18. The average molecular weight is 281 g/mol. The third-order valence-corrected chi connectivity index (χ3v) is 3.29. The van der Waals surface area contributed by atoms with Crippen LogP contribution in [-0.2, 0) is 0 Å². The lowest BCUT2D eigenvalue weighted by Gasteiger charge is -2.20. The van der Waals surface area contributed by atoms with Crippen LogP contribution in [0.5, 0.6) is 0 Å². The Hall–Kier alpha value is -2.18. The fraction of sp³-hybridized carbons (Fsp3) is 0.462. The second-order valence-electron chi connectivity index (χ2n) is 4.75. The lowest BCUT2D eigenvalue weighted by Crippen LogP contribution is -2.35. The molecule has 0 saturated carbocycles. The van der Waals surface area contributed by atoms with Gasteiger partial charge < -0.3 is 10.2 Å². The first-order valence-electron chi connectivity index (χ1n) is 6.58. The first kappa shape index (κ1) is 14.2. The number of amides is 2. The Morgan fingerprint density at radius 3 is 2.45 bits per heavy atom. The van der Waals surface area contributed by atoms with Gasteiger partial charge in [-0.1, -0.05) is 12.8 Å². The summed E-state index contributed by atoms with van der Waals surface area (Å²) in [4.78, 5) is 23.4. The molecule has 0 radical (unpaired) electrons. The van der Waals surface area contributed by atoms with Crippen molar-refractivity contribution in [1.82, 2.24) is 4.90 Å². The Morgan fingerprint density at radius 2 is 1.90 bits per heavy atom. The number of halogens is 1. The molecule has 2 amide bonds. The highest BCUT2D eigenvalue weighted by molar-refractivity contribution is 5.89. The van der Waals surface area contributed by atoms with Gasteiger partial charge in [0.2, 0.25) is 5.82 Å². The van der Waals surface area contributed by atoms with Crippen molar-refractivity contribution < 1.29 is 14.1 Å². The number of hydrogen-bond donors (Lipinski definition) is 1. The monoisotopic (exact) mass is 281 g/mol. The van der Waals surface area contributed by atoms with Gasteiger partial charge in [0.15, 0.2) is 0 Å². The Morgan fingerprint density at radius 1 is 1.25 bits per heavy atom. The highest BCUT2D eigenvalue weighted by Crippen LogP contribution is 2.21. The molecule has 1 aromatic rings. The molecule has 1 saturated heterocycles. The van der Waals surface area contributed by atoms with Crippen LogP contribution in [0, 0.1) is 15.9 Å². The number of nitrogens with zero attached hydrogens (tertiary/aromatic N) is 2. The Bertz CT molecular complexity index is 514. The third-order valence-electron chi connectivity index (χ3n) is 3.29. The van der Waals surface area contributed by atoms with E-state index in [0.717, 1.165) is 37.8 Å². The van der Waals surface area contributed by atoms with Crippen molar-refractivity contribution >= 4 is 17.4 Å². The average Bonchev–Trinajstić information content (AvgIpc) is 2.67. The maximum Gasteiger partial charge on any atom is 0.321 e. The van der Waals surface area contributed by atoms with Crippen LogP contribution in [0.15, 0.2) is 18.2 Å². The summed E-state index contributed by atoms with van der Waals surface area (Å²) in [5.74, 6) is -0.955. The van der Waals surface area contributed by atoms with E-state index in [9.17, 15) is 19.3 Å². The van der Waals surface area contributed by atoms with Gasteiger partial charge in [0.05, 0.1) is 4.92 Å².